The van der Waals surface area contributed by atoms with Crippen LogP contribution in [0.1, 0.15) is 13.3 Å². The van der Waals surface area contributed by atoms with Gasteiger partial charge in [0.2, 0.25) is 0 Å². The standard InChI is InChI=1S/C14H15ClFNO5/c1-8(22-11-3-2-9(16)6-10(11)15)12(18)17-14(13(19)20)4-5-21-7-14/h2-3,6,8H,4-5,7H2,1H3,(H,17,18)(H,19,20). The summed E-state index contributed by atoms with van der Waals surface area (Å²) in [5, 5.41) is 11.7. The summed E-state index contributed by atoms with van der Waals surface area (Å²) in [6.45, 7) is 1.60. The molecule has 1 aliphatic rings. The van der Waals surface area contributed by atoms with Gasteiger partial charge in [-0.15, -0.1) is 0 Å². The SMILES string of the molecule is CC(Oc1ccc(F)cc1Cl)C(=O)NC1(C(=O)O)CCOC1. The lowest BCUT2D eigenvalue weighted by Gasteiger charge is -2.26. The third-order valence-corrected chi connectivity index (χ3v) is 3.66. The molecule has 2 atom stereocenters. The molecule has 0 aliphatic carbocycles. The summed E-state index contributed by atoms with van der Waals surface area (Å²) in [5.41, 5.74) is -1.44. The van der Waals surface area contributed by atoms with Crippen LogP contribution >= 0.6 is 11.6 Å². The molecule has 2 unspecified atom stereocenters. The van der Waals surface area contributed by atoms with E-state index < -0.39 is 29.3 Å². The number of nitrogens with one attached hydrogen (secondary N) is 1. The highest BCUT2D eigenvalue weighted by molar-refractivity contribution is 6.32. The highest BCUT2D eigenvalue weighted by atomic mass is 35.5. The molecule has 0 saturated carbocycles. The van der Waals surface area contributed by atoms with Crippen LogP contribution in [0.3, 0.4) is 0 Å². The van der Waals surface area contributed by atoms with Gasteiger partial charge in [0, 0.05) is 13.0 Å². The van der Waals surface area contributed by atoms with E-state index in [0.29, 0.717) is 0 Å². The summed E-state index contributed by atoms with van der Waals surface area (Å²) in [6, 6.07) is 3.51. The number of aliphatic carboxylic acids is 1. The minimum absolute atomic E-state index is 0.0248. The second-order valence-corrected chi connectivity index (χ2v) is 5.42. The monoisotopic (exact) mass is 331 g/mol. The number of benzene rings is 1. The summed E-state index contributed by atoms with van der Waals surface area (Å²) >= 11 is 5.82. The van der Waals surface area contributed by atoms with Crippen LogP contribution in [0.5, 0.6) is 5.75 Å². The average Bonchev–Trinajstić information content (AvgIpc) is 2.91. The molecule has 1 amide bonds. The first kappa shape index (κ1) is 16.5. The Balaban J connectivity index is 2.04. The molecule has 1 aliphatic heterocycles. The Kier molecular flexibility index (Phi) is 4.87. The van der Waals surface area contributed by atoms with E-state index in [1.807, 2.05) is 0 Å². The molecule has 1 aromatic carbocycles. The fourth-order valence-corrected chi connectivity index (χ4v) is 2.25. The van der Waals surface area contributed by atoms with E-state index in [1.165, 1.54) is 13.0 Å². The molecule has 1 aromatic rings. The largest absolute Gasteiger partial charge is 0.479 e. The lowest BCUT2D eigenvalue weighted by Crippen LogP contribution is -2.57. The highest BCUT2D eigenvalue weighted by Gasteiger charge is 2.44. The molecule has 6 nitrogen and oxygen atoms in total. The first-order valence-electron chi connectivity index (χ1n) is 6.59. The Morgan fingerprint density at radius 3 is 2.82 bits per heavy atom. The van der Waals surface area contributed by atoms with Crippen LogP contribution in [-0.4, -0.2) is 41.8 Å². The van der Waals surface area contributed by atoms with Crippen molar-refractivity contribution in [3.63, 3.8) is 0 Å². The van der Waals surface area contributed by atoms with Crippen LogP contribution < -0.4 is 10.1 Å². The molecular formula is C14H15ClFNO5. The molecule has 0 spiro atoms. The van der Waals surface area contributed by atoms with E-state index in [0.717, 1.165) is 12.1 Å². The Labute approximate surface area is 131 Å². The van der Waals surface area contributed by atoms with Crippen molar-refractivity contribution in [3.8, 4) is 5.75 Å². The molecule has 120 valence electrons. The Morgan fingerprint density at radius 1 is 1.55 bits per heavy atom. The van der Waals surface area contributed by atoms with Crippen LogP contribution in [0.25, 0.3) is 0 Å². The number of carboxylic acid groups (broad SMARTS) is 1. The highest BCUT2D eigenvalue weighted by Crippen LogP contribution is 2.26. The average molecular weight is 332 g/mol. The number of ether oxygens (including phenoxy) is 2. The van der Waals surface area contributed by atoms with Crippen LogP contribution in [0, 0.1) is 5.82 Å². The number of hydrogen-bond donors (Lipinski definition) is 2. The zero-order valence-electron chi connectivity index (χ0n) is 11.8. The van der Waals surface area contributed by atoms with Crippen molar-refractivity contribution in [2.24, 2.45) is 0 Å². The zero-order chi connectivity index (χ0) is 16.3. The van der Waals surface area contributed by atoms with Gasteiger partial charge in [-0.2, -0.15) is 0 Å². The summed E-state index contributed by atoms with van der Waals surface area (Å²) in [4.78, 5) is 23.5. The van der Waals surface area contributed by atoms with E-state index in [4.69, 9.17) is 21.1 Å². The molecule has 22 heavy (non-hydrogen) atoms. The number of halogens is 2. The van der Waals surface area contributed by atoms with Gasteiger partial charge in [0.1, 0.15) is 11.6 Å². The van der Waals surface area contributed by atoms with E-state index in [1.54, 1.807) is 0 Å². The van der Waals surface area contributed by atoms with Gasteiger partial charge in [0.05, 0.1) is 11.6 Å². The molecule has 1 fully saturated rings. The van der Waals surface area contributed by atoms with Crippen molar-refractivity contribution in [2.45, 2.75) is 25.0 Å². The summed E-state index contributed by atoms with van der Waals surface area (Å²) in [6.07, 6.45) is -0.822. The van der Waals surface area contributed by atoms with Crippen molar-refractivity contribution >= 4 is 23.5 Å². The fourth-order valence-electron chi connectivity index (χ4n) is 2.04. The molecule has 0 aromatic heterocycles. The molecule has 1 saturated heterocycles. The second kappa shape index (κ2) is 6.50. The number of rotatable bonds is 5. The maximum Gasteiger partial charge on any atom is 0.331 e. The smallest absolute Gasteiger partial charge is 0.331 e. The minimum Gasteiger partial charge on any atom is -0.479 e. The summed E-state index contributed by atoms with van der Waals surface area (Å²) in [7, 11) is 0. The summed E-state index contributed by atoms with van der Waals surface area (Å²) < 4.78 is 23.4. The second-order valence-electron chi connectivity index (χ2n) is 5.01. The van der Waals surface area contributed by atoms with Crippen LogP contribution in [0.2, 0.25) is 5.02 Å². The van der Waals surface area contributed by atoms with E-state index in [2.05, 4.69) is 5.32 Å². The van der Waals surface area contributed by atoms with Crippen molar-refractivity contribution in [1.29, 1.82) is 0 Å². The predicted molar refractivity (Wildman–Crippen MR) is 75.4 cm³/mol. The van der Waals surface area contributed by atoms with Gasteiger partial charge in [-0.05, 0) is 25.1 Å². The normalized spacial score (nSPS) is 22.1. The summed E-state index contributed by atoms with van der Waals surface area (Å²) in [5.74, 6) is -2.17. The fraction of sp³-hybridized carbons (Fsp3) is 0.429. The Hall–Kier alpha value is -1.86. The van der Waals surface area contributed by atoms with E-state index >= 15 is 0 Å². The molecule has 1 heterocycles. The lowest BCUT2D eigenvalue weighted by molar-refractivity contribution is -0.148. The number of carbonyl (C=O) groups is 2. The Morgan fingerprint density at radius 2 is 2.27 bits per heavy atom. The van der Waals surface area contributed by atoms with Gasteiger partial charge < -0.3 is 19.9 Å². The molecular weight excluding hydrogens is 317 g/mol. The third-order valence-electron chi connectivity index (χ3n) is 3.36. The van der Waals surface area contributed by atoms with Crippen LogP contribution in [0.15, 0.2) is 18.2 Å². The molecule has 2 rings (SSSR count). The van der Waals surface area contributed by atoms with Crippen molar-refractivity contribution in [1.82, 2.24) is 5.32 Å². The zero-order valence-corrected chi connectivity index (χ0v) is 12.5. The topological polar surface area (TPSA) is 84.9 Å². The van der Waals surface area contributed by atoms with Gasteiger partial charge in [0.25, 0.3) is 5.91 Å². The third kappa shape index (κ3) is 3.48. The van der Waals surface area contributed by atoms with E-state index in [-0.39, 0.29) is 30.4 Å². The van der Waals surface area contributed by atoms with Gasteiger partial charge in [-0.3, -0.25) is 4.79 Å². The van der Waals surface area contributed by atoms with Gasteiger partial charge in [0.15, 0.2) is 11.6 Å². The first-order chi connectivity index (χ1) is 10.3. The number of carboxylic acids is 1. The number of carbonyl (C=O) groups excluding carboxylic acids is 1. The van der Waals surface area contributed by atoms with Crippen molar-refractivity contribution < 1.29 is 28.6 Å². The molecule has 2 N–H and O–H groups in total. The van der Waals surface area contributed by atoms with Gasteiger partial charge in [-0.1, -0.05) is 11.6 Å². The van der Waals surface area contributed by atoms with Gasteiger partial charge in [-0.25, -0.2) is 9.18 Å². The van der Waals surface area contributed by atoms with Crippen molar-refractivity contribution in [3.05, 3.63) is 29.0 Å². The van der Waals surface area contributed by atoms with Gasteiger partial charge >= 0.3 is 5.97 Å². The van der Waals surface area contributed by atoms with Crippen molar-refractivity contribution in [2.75, 3.05) is 13.2 Å². The number of amides is 1. The quantitative estimate of drug-likeness (QED) is 0.856. The van der Waals surface area contributed by atoms with E-state index in [9.17, 15) is 19.1 Å². The number of hydrogen-bond acceptors (Lipinski definition) is 4. The lowest BCUT2D eigenvalue weighted by atomic mass is 9.98. The maximum atomic E-state index is 13.0. The van der Waals surface area contributed by atoms with Crippen LogP contribution in [0.4, 0.5) is 4.39 Å². The molecule has 8 heteroatoms. The minimum atomic E-state index is -1.44. The first-order valence-corrected chi connectivity index (χ1v) is 6.97. The Bertz CT molecular complexity index is 589. The molecule has 0 bridgehead atoms. The maximum absolute atomic E-state index is 13.0. The molecule has 0 radical (unpaired) electrons. The van der Waals surface area contributed by atoms with Crippen LogP contribution in [-0.2, 0) is 14.3 Å². The predicted octanol–water partition coefficient (Wildman–Crippen LogP) is 1.61.